The fraction of sp³-hybridized carbons (Fsp3) is 0.429. The molecule has 3 aromatic rings. The first-order valence-electron chi connectivity index (χ1n) is 13.0. The van der Waals surface area contributed by atoms with Gasteiger partial charge in [-0.3, -0.25) is 14.4 Å². The largest absolute Gasteiger partial charge is 0.462 e. The number of aryl methyl sites for hydroxylation is 1. The Labute approximate surface area is 242 Å². The smallest absolute Gasteiger partial charge is 0.341 e. The zero-order chi connectivity index (χ0) is 29.6. The quantitative estimate of drug-likeness (QED) is 0.168. The lowest BCUT2D eigenvalue weighted by atomic mass is 10.0. The molecular weight excluding hydrogens is 550 g/mol. The number of thiophene rings is 1. The molecule has 0 unspecified atom stereocenters. The van der Waals surface area contributed by atoms with Crippen LogP contribution in [-0.2, 0) is 16.1 Å². The molecule has 0 fully saturated rings. The van der Waals surface area contributed by atoms with Crippen molar-refractivity contribution in [2.75, 3.05) is 17.7 Å². The van der Waals surface area contributed by atoms with Crippen LogP contribution in [0.2, 0.25) is 0 Å². The van der Waals surface area contributed by atoms with Crippen LogP contribution in [0.25, 0.3) is 0 Å². The number of nitrogens with zero attached hydrogens (tertiary/aromatic N) is 3. The number of hydrogen-bond acceptors (Lipinski definition) is 9. The Kier molecular flexibility index (Phi) is 10.6. The number of Topliss-reactive ketones (excluding diaryl/α,β-unsaturated/α-hetero) is 1. The Morgan fingerprint density at radius 1 is 1.12 bits per heavy atom. The average Bonchev–Trinajstić information content (AvgIpc) is 3.45. The Morgan fingerprint density at radius 2 is 1.85 bits per heavy atom. The highest BCUT2D eigenvalue weighted by Crippen LogP contribution is 2.34. The van der Waals surface area contributed by atoms with Gasteiger partial charge in [-0.15, -0.1) is 21.5 Å². The lowest BCUT2D eigenvalue weighted by Gasteiger charge is -2.22. The predicted octanol–water partition coefficient (Wildman–Crippen LogP) is 5.21. The molecule has 0 aliphatic rings. The number of ketones is 1. The summed E-state index contributed by atoms with van der Waals surface area (Å²) in [6.07, 6.45) is 0. The van der Waals surface area contributed by atoms with Gasteiger partial charge in [0.2, 0.25) is 5.91 Å². The maximum Gasteiger partial charge on any atom is 0.341 e. The molecule has 2 heterocycles. The number of carbonyl (C=O) groups excluding carboxylic acids is 4. The first-order valence-corrected chi connectivity index (χ1v) is 14.8. The summed E-state index contributed by atoms with van der Waals surface area (Å²) in [5, 5.41) is 15.3. The summed E-state index contributed by atoms with van der Waals surface area (Å²) in [6, 6.07) is 6.99. The van der Waals surface area contributed by atoms with Crippen LogP contribution >= 0.6 is 23.1 Å². The third-order valence-corrected chi connectivity index (χ3v) is 8.38. The summed E-state index contributed by atoms with van der Waals surface area (Å²) in [5.41, 5.74) is 2.24. The number of benzene rings is 1. The van der Waals surface area contributed by atoms with Crippen LogP contribution in [0.15, 0.2) is 29.4 Å². The van der Waals surface area contributed by atoms with Crippen LogP contribution < -0.4 is 10.6 Å². The molecule has 0 saturated heterocycles. The Morgan fingerprint density at radius 3 is 2.45 bits per heavy atom. The highest BCUT2D eigenvalue weighted by molar-refractivity contribution is 7.99. The number of esters is 1. The highest BCUT2D eigenvalue weighted by Gasteiger charge is 2.28. The van der Waals surface area contributed by atoms with E-state index in [1.54, 1.807) is 19.9 Å². The number of anilines is 1. The third-order valence-electron chi connectivity index (χ3n) is 6.10. The summed E-state index contributed by atoms with van der Waals surface area (Å²) >= 11 is 2.25. The van der Waals surface area contributed by atoms with Crippen molar-refractivity contribution in [1.82, 2.24) is 20.1 Å². The fourth-order valence-electron chi connectivity index (χ4n) is 4.15. The zero-order valence-corrected chi connectivity index (χ0v) is 25.4. The van der Waals surface area contributed by atoms with Gasteiger partial charge in [0, 0.05) is 12.1 Å². The van der Waals surface area contributed by atoms with Crippen molar-refractivity contribution >= 4 is 51.7 Å². The molecule has 2 N–H and O–H groups in total. The molecular formula is C28H35N5O5S2. The molecule has 214 valence electrons. The third kappa shape index (κ3) is 7.16. The van der Waals surface area contributed by atoms with Gasteiger partial charge in [-0.25, -0.2) is 4.79 Å². The number of nitrogens with one attached hydrogen (secondary N) is 2. The van der Waals surface area contributed by atoms with Crippen molar-refractivity contribution in [3.05, 3.63) is 57.2 Å². The first-order chi connectivity index (χ1) is 19.0. The van der Waals surface area contributed by atoms with E-state index < -0.39 is 12.0 Å². The Bertz CT molecular complexity index is 1410. The highest BCUT2D eigenvalue weighted by atomic mass is 32.2. The second kappa shape index (κ2) is 13.7. The van der Waals surface area contributed by atoms with Gasteiger partial charge in [0.05, 0.1) is 28.8 Å². The van der Waals surface area contributed by atoms with E-state index in [4.69, 9.17) is 4.74 Å². The van der Waals surface area contributed by atoms with E-state index >= 15 is 0 Å². The molecule has 0 aliphatic carbocycles. The lowest BCUT2D eigenvalue weighted by Crippen LogP contribution is -2.33. The monoisotopic (exact) mass is 585 g/mol. The fourth-order valence-corrected chi connectivity index (χ4v) is 6.07. The van der Waals surface area contributed by atoms with E-state index in [0.717, 1.165) is 16.9 Å². The van der Waals surface area contributed by atoms with Gasteiger partial charge in [0.15, 0.2) is 16.8 Å². The van der Waals surface area contributed by atoms with Gasteiger partial charge in [0.1, 0.15) is 5.00 Å². The predicted molar refractivity (Wildman–Crippen MR) is 156 cm³/mol. The van der Waals surface area contributed by atoms with E-state index in [1.165, 1.54) is 18.7 Å². The van der Waals surface area contributed by atoms with Gasteiger partial charge < -0.3 is 19.9 Å². The summed E-state index contributed by atoms with van der Waals surface area (Å²) < 4.78 is 7.02. The number of ether oxygens (including phenoxy) is 1. The van der Waals surface area contributed by atoms with Crippen molar-refractivity contribution < 1.29 is 23.9 Å². The maximum atomic E-state index is 13.0. The number of rotatable bonds is 12. The molecule has 1 aromatic carbocycles. The number of amides is 2. The summed E-state index contributed by atoms with van der Waals surface area (Å²) in [4.78, 5) is 50.9. The SMILES string of the molecule is CCOC(=O)c1c(NC(=O)CSc2nnc([C@@H](NC(=O)c3cccc(C)c3)C(C)C)n2CC)sc(C(C)=O)c1C. The molecule has 2 aromatic heterocycles. The van der Waals surface area contributed by atoms with Crippen molar-refractivity contribution in [3.8, 4) is 0 Å². The van der Waals surface area contributed by atoms with Crippen LogP contribution in [0.1, 0.15) is 88.0 Å². The number of hydrogen-bond donors (Lipinski definition) is 2. The maximum absolute atomic E-state index is 13.0. The molecule has 0 bridgehead atoms. The standard InChI is InChI=1S/C28H35N5O5S2/c1-8-33-24(22(15(3)4)30-25(36)19-12-10-11-16(5)13-19)31-32-28(33)39-14-20(35)29-26-21(27(37)38-9-2)17(6)23(40-26)18(7)34/h10-13,15,22H,8-9,14H2,1-7H3,(H,29,35)(H,30,36)/t22-/m0/s1. The van der Waals surface area contributed by atoms with E-state index in [0.29, 0.717) is 33.5 Å². The van der Waals surface area contributed by atoms with Crippen molar-refractivity contribution in [1.29, 1.82) is 0 Å². The molecule has 0 aliphatic heterocycles. The topological polar surface area (TPSA) is 132 Å². The minimum absolute atomic E-state index is 0.00521. The van der Waals surface area contributed by atoms with Crippen molar-refractivity contribution in [2.24, 2.45) is 5.92 Å². The molecule has 3 rings (SSSR count). The van der Waals surface area contributed by atoms with E-state index in [2.05, 4.69) is 20.8 Å². The molecule has 40 heavy (non-hydrogen) atoms. The average molecular weight is 586 g/mol. The van der Waals surface area contributed by atoms with E-state index in [-0.39, 0.29) is 46.4 Å². The summed E-state index contributed by atoms with van der Waals surface area (Å²) in [5.74, 6) is -0.721. The second-order valence-electron chi connectivity index (χ2n) is 9.52. The van der Waals surface area contributed by atoms with Crippen molar-refractivity contribution in [2.45, 2.75) is 66.2 Å². The molecule has 1 atom stereocenters. The van der Waals surface area contributed by atoms with Crippen LogP contribution in [0, 0.1) is 19.8 Å². The molecule has 0 radical (unpaired) electrons. The molecule has 0 saturated carbocycles. The van der Waals surface area contributed by atoms with Gasteiger partial charge >= 0.3 is 5.97 Å². The lowest BCUT2D eigenvalue weighted by molar-refractivity contribution is -0.113. The number of thioether (sulfide) groups is 1. The van der Waals surface area contributed by atoms with Gasteiger partial charge in [-0.05, 0) is 58.2 Å². The number of carbonyl (C=O) groups is 4. The molecule has 12 heteroatoms. The molecule has 0 spiro atoms. The van der Waals surface area contributed by atoms with Crippen LogP contribution in [0.3, 0.4) is 0 Å². The van der Waals surface area contributed by atoms with E-state index in [9.17, 15) is 19.2 Å². The van der Waals surface area contributed by atoms with Gasteiger partial charge in [-0.1, -0.05) is 43.3 Å². The minimum Gasteiger partial charge on any atom is -0.462 e. The Hall–Kier alpha value is -3.51. The zero-order valence-electron chi connectivity index (χ0n) is 23.8. The van der Waals surface area contributed by atoms with Crippen LogP contribution in [0.4, 0.5) is 5.00 Å². The second-order valence-corrected chi connectivity index (χ2v) is 11.5. The van der Waals surface area contributed by atoms with E-state index in [1.807, 2.05) is 50.5 Å². The van der Waals surface area contributed by atoms with Crippen LogP contribution in [-0.4, -0.2) is 50.7 Å². The molecule has 2 amide bonds. The normalized spacial score (nSPS) is 11.8. The summed E-state index contributed by atoms with van der Waals surface area (Å²) in [7, 11) is 0. The molecule has 10 nitrogen and oxygen atoms in total. The van der Waals surface area contributed by atoms with Crippen molar-refractivity contribution in [3.63, 3.8) is 0 Å². The first kappa shape index (κ1) is 31.0. The minimum atomic E-state index is -0.588. The van der Waals surface area contributed by atoms with Gasteiger partial charge in [-0.2, -0.15) is 0 Å². The Balaban J connectivity index is 1.77. The van der Waals surface area contributed by atoms with Crippen LogP contribution in [0.5, 0.6) is 0 Å². The number of aromatic nitrogens is 3. The van der Waals surface area contributed by atoms with Gasteiger partial charge in [0.25, 0.3) is 5.91 Å². The summed E-state index contributed by atoms with van der Waals surface area (Å²) in [6.45, 7) is 13.3.